The second kappa shape index (κ2) is 6.67. The highest BCUT2D eigenvalue weighted by Gasteiger charge is 2.15. The van der Waals surface area contributed by atoms with E-state index in [0.717, 1.165) is 5.56 Å². The summed E-state index contributed by atoms with van der Waals surface area (Å²) in [5.41, 5.74) is 2.14. The van der Waals surface area contributed by atoms with E-state index >= 15 is 0 Å². The Morgan fingerprint density at radius 2 is 1.55 bits per heavy atom. The summed E-state index contributed by atoms with van der Waals surface area (Å²) in [5.74, 6) is 0.136. The van der Waals surface area contributed by atoms with Crippen molar-refractivity contribution in [3.63, 3.8) is 0 Å². The predicted octanol–water partition coefficient (Wildman–Crippen LogP) is 0.159. The van der Waals surface area contributed by atoms with E-state index in [4.69, 9.17) is 0 Å². The Labute approximate surface area is 126 Å². The highest BCUT2D eigenvalue weighted by molar-refractivity contribution is 5.95. The zero-order valence-corrected chi connectivity index (χ0v) is 12.9. The van der Waals surface area contributed by atoms with Gasteiger partial charge in [-0.2, -0.15) is 4.57 Å². The molecular weight excluding hydrogens is 270 g/mol. The Morgan fingerprint density at radius 3 is 2.05 bits per heavy atom. The normalized spacial score (nSPS) is 10.8. The largest absolute Gasteiger partial charge is 1.00 e. The van der Waals surface area contributed by atoms with Crippen LogP contribution in [0.4, 0.5) is 0 Å². The summed E-state index contributed by atoms with van der Waals surface area (Å²) in [5, 5.41) is 0. The Hall–Kier alpha value is -1.67. The van der Waals surface area contributed by atoms with E-state index in [1.165, 1.54) is 5.56 Å². The fourth-order valence-corrected chi connectivity index (χ4v) is 1.95. The van der Waals surface area contributed by atoms with Gasteiger partial charge in [0.1, 0.15) is 0 Å². The lowest BCUT2D eigenvalue weighted by Gasteiger charge is -2.18. The van der Waals surface area contributed by atoms with Gasteiger partial charge >= 0.3 is 0 Å². The first-order valence-electron chi connectivity index (χ1n) is 6.55. The molecular formula is C17H20ClNO. The summed E-state index contributed by atoms with van der Waals surface area (Å²) in [6.07, 6.45) is 3.81. The second-order valence-electron chi connectivity index (χ2n) is 5.80. The van der Waals surface area contributed by atoms with Crippen LogP contribution in [0.15, 0.2) is 54.9 Å². The molecule has 1 aromatic heterocycles. The van der Waals surface area contributed by atoms with Crippen molar-refractivity contribution in [2.45, 2.75) is 32.7 Å². The van der Waals surface area contributed by atoms with Crippen LogP contribution in [0.2, 0.25) is 0 Å². The Morgan fingerprint density at radius 1 is 1.00 bits per heavy atom. The molecule has 2 aromatic rings. The number of carbonyl (C=O) groups is 1. The standard InChI is InChI=1S/C17H20NO.ClH/c1-17(2,3)15-9-7-14(8-10-15)16(19)13-18-11-5-4-6-12-18;/h4-12H,13H2,1-3H3;1H/q+1;/p-1. The minimum absolute atomic E-state index is 0. The predicted molar refractivity (Wildman–Crippen MR) is 76.1 cm³/mol. The lowest BCUT2D eigenvalue weighted by Crippen LogP contribution is -3.00. The molecule has 0 atom stereocenters. The number of Topliss-reactive ketones (excluding diaryl/α,β-unsaturated/α-hetero) is 1. The zero-order valence-electron chi connectivity index (χ0n) is 12.1. The summed E-state index contributed by atoms with van der Waals surface area (Å²) in [4.78, 5) is 12.2. The van der Waals surface area contributed by atoms with Crippen LogP contribution in [0, 0.1) is 0 Å². The third-order valence-electron chi connectivity index (χ3n) is 3.18. The topological polar surface area (TPSA) is 20.9 Å². The highest BCUT2D eigenvalue weighted by atomic mass is 35.5. The van der Waals surface area contributed by atoms with Crippen LogP contribution in [0.3, 0.4) is 0 Å². The Bertz CT molecular complexity index is 556. The van der Waals surface area contributed by atoms with Gasteiger partial charge in [0.05, 0.1) is 0 Å². The average molecular weight is 290 g/mol. The molecule has 3 heteroatoms. The minimum atomic E-state index is 0. The van der Waals surface area contributed by atoms with E-state index in [1.807, 2.05) is 59.4 Å². The molecule has 0 aliphatic rings. The molecule has 0 fully saturated rings. The number of pyridine rings is 1. The number of rotatable bonds is 3. The molecule has 0 N–H and O–H groups in total. The first-order valence-corrected chi connectivity index (χ1v) is 6.55. The summed E-state index contributed by atoms with van der Waals surface area (Å²) in [6, 6.07) is 13.7. The van der Waals surface area contributed by atoms with Crippen molar-refractivity contribution in [2.24, 2.45) is 0 Å². The van der Waals surface area contributed by atoms with Crippen LogP contribution in [0.25, 0.3) is 0 Å². The van der Waals surface area contributed by atoms with E-state index in [-0.39, 0.29) is 23.6 Å². The zero-order chi connectivity index (χ0) is 13.9. The van der Waals surface area contributed by atoms with Crippen molar-refractivity contribution in [3.8, 4) is 0 Å². The van der Waals surface area contributed by atoms with Gasteiger partial charge in [0.15, 0.2) is 12.4 Å². The minimum Gasteiger partial charge on any atom is -1.00 e. The van der Waals surface area contributed by atoms with Crippen molar-refractivity contribution in [1.29, 1.82) is 0 Å². The average Bonchev–Trinajstić information content (AvgIpc) is 2.39. The first kappa shape index (κ1) is 16.4. The van der Waals surface area contributed by atoms with Crippen LogP contribution in [-0.4, -0.2) is 5.78 Å². The maximum Gasteiger partial charge on any atom is 0.227 e. The van der Waals surface area contributed by atoms with Crippen molar-refractivity contribution in [1.82, 2.24) is 0 Å². The highest BCUT2D eigenvalue weighted by Crippen LogP contribution is 2.22. The van der Waals surface area contributed by atoms with Gasteiger partial charge in [-0.05, 0) is 11.0 Å². The molecule has 0 amide bonds. The van der Waals surface area contributed by atoms with Crippen molar-refractivity contribution in [3.05, 3.63) is 66.0 Å². The van der Waals surface area contributed by atoms with Crippen LogP contribution in [0.1, 0.15) is 36.7 Å². The van der Waals surface area contributed by atoms with Crippen LogP contribution >= 0.6 is 0 Å². The van der Waals surface area contributed by atoms with Gasteiger partial charge in [0.25, 0.3) is 0 Å². The Kier molecular flexibility index (Phi) is 5.46. The van der Waals surface area contributed by atoms with E-state index in [2.05, 4.69) is 20.8 Å². The molecule has 20 heavy (non-hydrogen) atoms. The van der Waals surface area contributed by atoms with Gasteiger partial charge in [0, 0.05) is 17.7 Å². The number of nitrogens with zero attached hydrogens (tertiary/aromatic N) is 1. The fraction of sp³-hybridized carbons (Fsp3) is 0.294. The van der Waals surface area contributed by atoms with Crippen molar-refractivity contribution >= 4 is 5.78 Å². The van der Waals surface area contributed by atoms with Crippen molar-refractivity contribution < 1.29 is 21.8 Å². The van der Waals surface area contributed by atoms with E-state index in [1.54, 1.807) is 0 Å². The quantitative estimate of drug-likeness (QED) is 0.582. The number of ketones is 1. The molecule has 106 valence electrons. The molecule has 2 nitrogen and oxygen atoms in total. The summed E-state index contributed by atoms with van der Waals surface area (Å²) >= 11 is 0. The second-order valence-corrected chi connectivity index (χ2v) is 5.80. The van der Waals surface area contributed by atoms with E-state index in [9.17, 15) is 4.79 Å². The summed E-state index contributed by atoms with van der Waals surface area (Å²) < 4.78 is 1.89. The maximum atomic E-state index is 12.2. The molecule has 0 spiro atoms. The lowest BCUT2D eigenvalue weighted by atomic mass is 9.86. The number of hydrogen-bond acceptors (Lipinski definition) is 1. The molecule has 0 unspecified atom stereocenters. The molecule has 0 aliphatic heterocycles. The van der Waals surface area contributed by atoms with Crippen LogP contribution in [-0.2, 0) is 12.0 Å². The molecule has 0 radical (unpaired) electrons. The van der Waals surface area contributed by atoms with Gasteiger partial charge in [0.2, 0.25) is 12.3 Å². The Balaban J connectivity index is 0.00000200. The van der Waals surface area contributed by atoms with E-state index < -0.39 is 0 Å². The monoisotopic (exact) mass is 289 g/mol. The lowest BCUT2D eigenvalue weighted by molar-refractivity contribution is -0.683. The van der Waals surface area contributed by atoms with E-state index in [0.29, 0.717) is 6.54 Å². The molecule has 1 aromatic carbocycles. The molecule has 0 saturated heterocycles. The third kappa shape index (κ3) is 4.17. The van der Waals surface area contributed by atoms with Crippen LogP contribution < -0.4 is 17.0 Å². The van der Waals surface area contributed by atoms with Crippen molar-refractivity contribution in [2.75, 3.05) is 0 Å². The summed E-state index contributed by atoms with van der Waals surface area (Å²) in [7, 11) is 0. The summed E-state index contributed by atoms with van der Waals surface area (Å²) in [6.45, 7) is 6.90. The number of carbonyl (C=O) groups excluding carboxylic acids is 1. The molecule has 0 bridgehead atoms. The number of benzene rings is 1. The van der Waals surface area contributed by atoms with Gasteiger partial charge < -0.3 is 12.4 Å². The fourth-order valence-electron chi connectivity index (χ4n) is 1.95. The number of halogens is 1. The van der Waals surface area contributed by atoms with Gasteiger partial charge in [-0.25, -0.2) is 0 Å². The maximum absolute atomic E-state index is 12.2. The van der Waals surface area contributed by atoms with Gasteiger partial charge in [-0.1, -0.05) is 51.1 Å². The smallest absolute Gasteiger partial charge is 0.227 e. The molecule has 0 saturated carbocycles. The molecule has 1 heterocycles. The number of aromatic nitrogens is 1. The first-order chi connectivity index (χ1) is 8.97. The molecule has 0 aliphatic carbocycles. The third-order valence-corrected chi connectivity index (χ3v) is 3.18. The van der Waals surface area contributed by atoms with Gasteiger partial charge in [-0.15, -0.1) is 0 Å². The van der Waals surface area contributed by atoms with Gasteiger partial charge in [-0.3, -0.25) is 4.79 Å². The SMILES string of the molecule is CC(C)(C)c1ccc(C(=O)C[n+]2ccccc2)cc1.[Cl-]. The molecule has 2 rings (SSSR count). The van der Waals surface area contributed by atoms with Crippen LogP contribution in [0.5, 0.6) is 0 Å². The number of hydrogen-bond donors (Lipinski definition) is 0.